The number of hydrogen-bond donors (Lipinski definition) is 4. The second-order valence-electron chi connectivity index (χ2n) is 20.2. The van der Waals surface area contributed by atoms with E-state index in [0.717, 1.165) is 13.0 Å². The molecule has 1 aromatic carbocycles. The van der Waals surface area contributed by atoms with E-state index in [1.807, 2.05) is 20.8 Å². The summed E-state index contributed by atoms with van der Waals surface area (Å²) in [4.78, 5) is 65.7. The fraction of sp³-hybridized carbons (Fsp3) is 0.660. The minimum absolute atomic E-state index is 0.0338. The SMILES string of the molecule is CC(=O)O[C@@]12CO[C@@H]1CC[C@@]1(C)[C@@H]3O[C@H](CN4CC[C@H]4CO)O[C@@H]3C3=C(C)[C@@H](OC(=O)[C@H](O)[C@@H](NC(=O)OC(C)(C)C)c4ncccn4)C[C@@](O)([C@@H](OC(=O)c4ccccc4)[C@@H]12)C3(C)C. The first-order valence-electron chi connectivity index (χ1n) is 22.4. The average Bonchev–Trinajstić information content (AvgIpc) is 3.65. The molecule has 4 N–H and O–H groups in total. The van der Waals surface area contributed by atoms with Gasteiger partial charge in [-0.25, -0.2) is 24.4 Å². The molecule has 65 heavy (non-hydrogen) atoms. The van der Waals surface area contributed by atoms with Crippen molar-refractivity contribution in [2.75, 3.05) is 26.3 Å². The van der Waals surface area contributed by atoms with Gasteiger partial charge in [-0.05, 0) is 76.3 Å². The molecular formula is C47H62N4O14. The van der Waals surface area contributed by atoms with Crippen molar-refractivity contribution in [1.29, 1.82) is 0 Å². The second-order valence-corrected chi connectivity index (χ2v) is 20.2. The predicted molar refractivity (Wildman–Crippen MR) is 227 cm³/mol. The largest absolute Gasteiger partial charge is 0.456 e. The van der Waals surface area contributed by atoms with Crippen LogP contribution in [-0.2, 0) is 42.7 Å². The highest BCUT2D eigenvalue weighted by Gasteiger charge is 2.77. The minimum Gasteiger partial charge on any atom is -0.456 e. The quantitative estimate of drug-likeness (QED) is 0.144. The van der Waals surface area contributed by atoms with Crippen molar-refractivity contribution in [3.63, 3.8) is 0 Å². The van der Waals surface area contributed by atoms with E-state index in [1.54, 1.807) is 58.0 Å². The standard InChI is InChI=1S/C47H62N4O14/c1-25-29(60-41(56)34(54)33(39-48-18-12-19-49-39)50-42(57)65-43(3,4)5)21-47(58)38(63-40(55)27-13-10-9-11-14-27)36-45(8,17-15-30-46(36,24-59-30)64-26(2)53)37-35(32(25)44(47,6)7)61-31(62-37)22-51-20-16-28(51)23-52/h9-14,18-19,28-31,33-38,52,54,58H,15-17,20-24H2,1-8H3,(H,50,57)/t28-,29-,30+,31+,33+,34+,35+,36-,37+,38-,45+,46-,47+/m0/s1. The number of aliphatic hydroxyl groups is 3. The first kappa shape index (κ1) is 47.0. The van der Waals surface area contributed by atoms with Crippen LogP contribution in [0.3, 0.4) is 0 Å². The lowest BCUT2D eigenvalue weighted by molar-refractivity contribution is -0.345. The number of esters is 3. The summed E-state index contributed by atoms with van der Waals surface area (Å²) < 4.78 is 44.9. The number of benzene rings is 1. The number of nitrogens with zero attached hydrogens (tertiary/aromatic N) is 3. The highest BCUT2D eigenvalue weighted by molar-refractivity contribution is 5.89. The van der Waals surface area contributed by atoms with Gasteiger partial charge in [0.2, 0.25) is 0 Å². The van der Waals surface area contributed by atoms with Crippen LogP contribution in [0.4, 0.5) is 4.79 Å². The average molecular weight is 907 g/mol. The monoisotopic (exact) mass is 906 g/mol. The van der Waals surface area contributed by atoms with E-state index in [0.29, 0.717) is 30.5 Å². The lowest BCUT2D eigenvalue weighted by Crippen LogP contribution is -2.79. The van der Waals surface area contributed by atoms with E-state index in [1.165, 1.54) is 25.4 Å². The lowest BCUT2D eigenvalue weighted by Gasteiger charge is -2.68. The molecule has 0 spiro atoms. The summed E-state index contributed by atoms with van der Waals surface area (Å²) in [5, 5.41) is 38.3. The molecule has 3 aliphatic heterocycles. The van der Waals surface area contributed by atoms with E-state index in [-0.39, 0.29) is 37.1 Å². The maximum atomic E-state index is 14.5. The van der Waals surface area contributed by atoms with Crippen LogP contribution in [0, 0.1) is 16.7 Å². The number of rotatable bonds is 11. The molecule has 0 unspecified atom stereocenters. The van der Waals surface area contributed by atoms with Gasteiger partial charge in [0.25, 0.3) is 0 Å². The van der Waals surface area contributed by atoms with E-state index < -0.39 is 107 Å². The number of alkyl carbamates (subject to hydrolysis) is 1. The molecule has 3 saturated heterocycles. The Kier molecular flexibility index (Phi) is 12.5. The fourth-order valence-electron chi connectivity index (χ4n) is 11.4. The van der Waals surface area contributed by atoms with Gasteiger partial charge in [0, 0.05) is 55.7 Å². The number of carbonyl (C=O) groups is 4. The fourth-order valence-corrected chi connectivity index (χ4v) is 11.4. The summed E-state index contributed by atoms with van der Waals surface area (Å²) in [5.41, 5.74) is -5.52. The first-order valence-corrected chi connectivity index (χ1v) is 22.4. The minimum atomic E-state index is -2.11. The molecule has 18 nitrogen and oxygen atoms in total. The van der Waals surface area contributed by atoms with Crippen molar-refractivity contribution < 1.29 is 67.7 Å². The zero-order chi connectivity index (χ0) is 46.9. The number of hydrogen-bond acceptors (Lipinski definition) is 17. The van der Waals surface area contributed by atoms with Gasteiger partial charge in [-0.2, -0.15) is 0 Å². The van der Waals surface area contributed by atoms with Gasteiger partial charge >= 0.3 is 24.0 Å². The Hall–Kier alpha value is -4.56. The van der Waals surface area contributed by atoms with Gasteiger partial charge in [0.05, 0.1) is 30.8 Å². The number of carbonyl (C=O) groups excluding carboxylic acids is 4. The smallest absolute Gasteiger partial charge is 0.408 e. The van der Waals surface area contributed by atoms with Crippen LogP contribution >= 0.6 is 0 Å². The third-order valence-electron chi connectivity index (χ3n) is 14.8. The zero-order valence-electron chi connectivity index (χ0n) is 38.2. The van der Waals surface area contributed by atoms with Crippen molar-refractivity contribution in [1.82, 2.24) is 20.2 Å². The zero-order valence-corrected chi connectivity index (χ0v) is 38.2. The first-order chi connectivity index (χ1) is 30.6. The molecule has 2 bridgehead atoms. The normalized spacial score (nSPS) is 35.8. The van der Waals surface area contributed by atoms with Crippen LogP contribution < -0.4 is 5.32 Å². The van der Waals surface area contributed by atoms with Gasteiger partial charge in [0.15, 0.2) is 23.8 Å². The summed E-state index contributed by atoms with van der Waals surface area (Å²) in [6.07, 6.45) is -4.77. The molecular weight excluding hydrogens is 845 g/mol. The Morgan fingerprint density at radius 3 is 2.32 bits per heavy atom. The van der Waals surface area contributed by atoms with Crippen LogP contribution in [-0.4, -0.2) is 146 Å². The Morgan fingerprint density at radius 1 is 1.02 bits per heavy atom. The maximum Gasteiger partial charge on any atom is 0.408 e. The third-order valence-corrected chi connectivity index (χ3v) is 14.8. The van der Waals surface area contributed by atoms with Crippen LogP contribution in [0.25, 0.3) is 0 Å². The molecule has 2 saturated carbocycles. The number of ether oxygens (including phenoxy) is 7. The van der Waals surface area contributed by atoms with E-state index >= 15 is 0 Å². The van der Waals surface area contributed by atoms with Gasteiger partial charge in [0.1, 0.15) is 41.7 Å². The Labute approximate surface area is 378 Å². The summed E-state index contributed by atoms with van der Waals surface area (Å²) >= 11 is 0. The molecule has 1 amide bonds. The van der Waals surface area contributed by atoms with Gasteiger partial charge in [-0.3, -0.25) is 9.69 Å². The molecule has 13 atom stereocenters. The Balaban J connectivity index is 1.26. The second kappa shape index (κ2) is 17.3. The van der Waals surface area contributed by atoms with Crippen LogP contribution in [0.2, 0.25) is 0 Å². The third kappa shape index (κ3) is 8.22. The number of aliphatic hydroxyl groups excluding tert-OH is 2. The molecule has 354 valence electrons. The lowest BCUT2D eigenvalue weighted by atomic mass is 9.45. The van der Waals surface area contributed by atoms with Gasteiger partial charge < -0.3 is 53.8 Å². The van der Waals surface area contributed by atoms with Crippen LogP contribution in [0.15, 0.2) is 59.9 Å². The van der Waals surface area contributed by atoms with Crippen LogP contribution in [0.1, 0.15) is 103 Å². The number of amides is 1. The molecule has 4 heterocycles. The number of fused-ring (bicyclic) bond motifs is 8. The number of aromatic nitrogens is 2. The molecule has 6 aliphatic rings. The Bertz CT molecular complexity index is 2170. The van der Waals surface area contributed by atoms with E-state index in [2.05, 4.69) is 20.2 Å². The van der Waals surface area contributed by atoms with Crippen molar-refractivity contribution >= 4 is 24.0 Å². The van der Waals surface area contributed by atoms with Crippen molar-refractivity contribution in [3.8, 4) is 0 Å². The highest BCUT2D eigenvalue weighted by Crippen LogP contribution is 2.66. The molecule has 18 heteroatoms. The summed E-state index contributed by atoms with van der Waals surface area (Å²) in [6.45, 7) is 14.6. The molecule has 2 aromatic rings. The molecule has 1 aromatic heterocycles. The number of nitrogens with one attached hydrogen (secondary N) is 1. The topological polar surface area (TPSA) is 235 Å². The molecule has 8 rings (SSSR count). The molecule has 3 aliphatic carbocycles. The highest BCUT2D eigenvalue weighted by atomic mass is 16.7. The van der Waals surface area contributed by atoms with E-state index in [4.69, 9.17) is 33.2 Å². The summed E-state index contributed by atoms with van der Waals surface area (Å²) in [5.74, 6) is -3.60. The Morgan fingerprint density at radius 2 is 1.72 bits per heavy atom. The van der Waals surface area contributed by atoms with Crippen molar-refractivity contribution in [2.24, 2.45) is 16.7 Å². The van der Waals surface area contributed by atoms with Gasteiger partial charge in [-0.1, -0.05) is 39.0 Å². The summed E-state index contributed by atoms with van der Waals surface area (Å²) in [7, 11) is 0. The summed E-state index contributed by atoms with van der Waals surface area (Å²) in [6, 6.07) is 8.28. The van der Waals surface area contributed by atoms with Gasteiger partial charge in [-0.15, -0.1) is 0 Å². The van der Waals surface area contributed by atoms with E-state index in [9.17, 15) is 34.5 Å². The predicted octanol–water partition coefficient (Wildman–Crippen LogP) is 3.33. The van der Waals surface area contributed by atoms with Crippen molar-refractivity contribution in [2.45, 2.75) is 153 Å². The molecule has 0 radical (unpaired) electrons. The van der Waals surface area contributed by atoms with Crippen molar-refractivity contribution in [3.05, 3.63) is 71.3 Å². The maximum absolute atomic E-state index is 14.5. The number of likely N-dealkylation sites (tertiary alicyclic amines) is 1. The molecule has 5 fully saturated rings. The van der Waals surface area contributed by atoms with Crippen LogP contribution in [0.5, 0.6) is 0 Å².